The van der Waals surface area contributed by atoms with Crippen molar-refractivity contribution in [3.8, 4) is 0 Å². The van der Waals surface area contributed by atoms with Crippen molar-refractivity contribution in [3.05, 3.63) is 35.9 Å². The maximum Gasteiger partial charge on any atom is 0.355 e. The molecule has 1 aromatic carbocycles. The van der Waals surface area contributed by atoms with Gasteiger partial charge in [-0.05, 0) is 12.5 Å². The molecule has 0 fully saturated rings. The largest absolute Gasteiger partial charge is 0.461 e. The second kappa shape index (κ2) is 8.05. The minimum Gasteiger partial charge on any atom is -0.461 e. The van der Waals surface area contributed by atoms with Gasteiger partial charge in [0.25, 0.3) is 0 Å². The van der Waals surface area contributed by atoms with Crippen molar-refractivity contribution < 1.29 is 9.53 Å². The van der Waals surface area contributed by atoms with Gasteiger partial charge in [-0.25, -0.2) is 4.79 Å². The van der Waals surface area contributed by atoms with Crippen LogP contribution in [0.4, 0.5) is 0 Å². The summed E-state index contributed by atoms with van der Waals surface area (Å²) in [6, 6.07) is 9.88. The van der Waals surface area contributed by atoms with Crippen molar-refractivity contribution in [1.29, 1.82) is 0 Å². The Morgan fingerprint density at radius 3 is 2.71 bits per heavy atom. The summed E-state index contributed by atoms with van der Waals surface area (Å²) in [6.07, 6.45) is 0. The van der Waals surface area contributed by atoms with Crippen LogP contribution in [0.25, 0.3) is 0 Å². The number of nitrogens with zero attached hydrogens (tertiary/aromatic N) is 1. The van der Waals surface area contributed by atoms with Gasteiger partial charge in [-0.1, -0.05) is 52.9 Å². The van der Waals surface area contributed by atoms with E-state index in [0.717, 1.165) is 5.56 Å². The zero-order valence-corrected chi connectivity index (χ0v) is 11.8. The molecule has 0 radical (unpaired) electrons. The lowest BCUT2D eigenvalue weighted by atomic mass is 10.2. The highest BCUT2D eigenvalue weighted by molar-refractivity contribution is 14.1. The van der Waals surface area contributed by atoms with Crippen molar-refractivity contribution in [3.63, 3.8) is 0 Å². The third-order valence-corrected chi connectivity index (χ3v) is 2.70. The maximum absolute atomic E-state index is 11.4. The Kier molecular flexibility index (Phi) is 6.61. The smallest absolute Gasteiger partial charge is 0.355 e. The summed E-state index contributed by atoms with van der Waals surface area (Å²) in [7, 11) is 0. The van der Waals surface area contributed by atoms with Crippen LogP contribution in [0.3, 0.4) is 0 Å². The number of carbonyl (C=O) groups is 1. The molecule has 0 aromatic heterocycles. The van der Waals surface area contributed by atoms with Gasteiger partial charge in [0.15, 0.2) is 5.71 Å². The van der Waals surface area contributed by atoms with E-state index in [9.17, 15) is 4.79 Å². The average molecular weight is 346 g/mol. The number of rotatable bonds is 6. The second-order valence-corrected chi connectivity index (χ2v) is 4.00. The van der Waals surface area contributed by atoms with E-state index in [1.807, 2.05) is 30.3 Å². The first-order valence-corrected chi connectivity index (χ1v) is 6.87. The number of ether oxygens (including phenoxy) is 1. The van der Waals surface area contributed by atoms with Gasteiger partial charge in [0.05, 0.1) is 17.6 Å². The molecular weight excluding hydrogens is 331 g/mol. The summed E-state index contributed by atoms with van der Waals surface area (Å²) >= 11 is 2.09. The lowest BCUT2D eigenvalue weighted by Gasteiger charge is -2.04. The van der Waals surface area contributed by atoms with Gasteiger partial charge in [-0.2, -0.15) is 5.10 Å². The number of benzene rings is 1. The van der Waals surface area contributed by atoms with Crippen LogP contribution >= 0.6 is 22.6 Å². The van der Waals surface area contributed by atoms with Crippen LogP contribution in [-0.2, 0) is 16.1 Å². The van der Waals surface area contributed by atoms with Gasteiger partial charge in [-0.3, -0.25) is 0 Å². The monoisotopic (exact) mass is 346 g/mol. The average Bonchev–Trinajstić information content (AvgIpc) is 2.36. The SMILES string of the molecule is CCOC(=O)/C(CI)=N/NCc1ccccc1. The third-order valence-electron chi connectivity index (χ3n) is 1.98. The molecule has 0 amide bonds. The van der Waals surface area contributed by atoms with E-state index < -0.39 is 0 Å². The number of hydrazone groups is 1. The number of hydrogen-bond donors (Lipinski definition) is 1. The zero-order chi connectivity index (χ0) is 12.5. The number of nitrogens with one attached hydrogen (secondary N) is 1. The van der Waals surface area contributed by atoms with Crippen LogP contribution in [-0.4, -0.2) is 22.7 Å². The first-order chi connectivity index (χ1) is 8.27. The topological polar surface area (TPSA) is 50.7 Å². The Morgan fingerprint density at radius 2 is 2.12 bits per heavy atom. The molecule has 92 valence electrons. The van der Waals surface area contributed by atoms with Gasteiger partial charge in [0.1, 0.15) is 0 Å². The van der Waals surface area contributed by atoms with Crippen LogP contribution < -0.4 is 5.43 Å². The van der Waals surface area contributed by atoms with Crippen LogP contribution in [0, 0.1) is 0 Å². The van der Waals surface area contributed by atoms with E-state index in [4.69, 9.17) is 4.74 Å². The Balaban J connectivity index is 2.48. The quantitative estimate of drug-likeness (QED) is 0.282. The number of esters is 1. The highest BCUT2D eigenvalue weighted by Gasteiger charge is 2.10. The van der Waals surface area contributed by atoms with E-state index in [2.05, 4.69) is 33.1 Å². The number of carbonyl (C=O) groups excluding carboxylic acids is 1. The summed E-state index contributed by atoms with van der Waals surface area (Å²) in [5, 5.41) is 4.04. The molecule has 1 aromatic rings. The van der Waals surface area contributed by atoms with Crippen LogP contribution in [0.15, 0.2) is 35.4 Å². The van der Waals surface area contributed by atoms with E-state index in [0.29, 0.717) is 23.3 Å². The molecule has 4 nitrogen and oxygen atoms in total. The van der Waals surface area contributed by atoms with Gasteiger partial charge in [-0.15, -0.1) is 0 Å². The molecule has 0 aliphatic rings. The maximum atomic E-state index is 11.4. The van der Waals surface area contributed by atoms with Gasteiger partial charge >= 0.3 is 5.97 Å². The van der Waals surface area contributed by atoms with Crippen molar-refractivity contribution in [2.75, 3.05) is 11.0 Å². The minimum atomic E-state index is -0.359. The van der Waals surface area contributed by atoms with Crippen molar-refractivity contribution in [1.82, 2.24) is 5.43 Å². The molecule has 0 heterocycles. The predicted octanol–water partition coefficient (Wildman–Crippen LogP) is 2.13. The van der Waals surface area contributed by atoms with Crippen molar-refractivity contribution >= 4 is 34.3 Å². The molecule has 0 bridgehead atoms. The van der Waals surface area contributed by atoms with Gasteiger partial charge < -0.3 is 10.2 Å². The Hall–Kier alpha value is -1.11. The van der Waals surface area contributed by atoms with Crippen LogP contribution in [0.2, 0.25) is 0 Å². The van der Waals surface area contributed by atoms with E-state index in [1.165, 1.54) is 0 Å². The molecule has 5 heteroatoms. The van der Waals surface area contributed by atoms with Crippen LogP contribution in [0.1, 0.15) is 12.5 Å². The second-order valence-electron chi connectivity index (χ2n) is 3.23. The molecule has 1 rings (SSSR count). The summed E-state index contributed by atoms with van der Waals surface area (Å²) in [6.45, 7) is 2.74. The highest BCUT2D eigenvalue weighted by atomic mass is 127. The molecule has 0 spiro atoms. The Morgan fingerprint density at radius 1 is 1.41 bits per heavy atom. The molecule has 0 aliphatic heterocycles. The number of alkyl halides is 1. The summed E-state index contributed by atoms with van der Waals surface area (Å²) < 4.78 is 5.41. The fourth-order valence-electron chi connectivity index (χ4n) is 1.17. The van der Waals surface area contributed by atoms with Crippen LogP contribution in [0.5, 0.6) is 0 Å². The van der Waals surface area contributed by atoms with Crippen molar-refractivity contribution in [2.24, 2.45) is 5.10 Å². The van der Waals surface area contributed by atoms with E-state index in [-0.39, 0.29) is 5.97 Å². The summed E-state index contributed by atoms with van der Waals surface area (Å²) in [5.41, 5.74) is 4.40. The normalized spacial score (nSPS) is 11.1. The lowest BCUT2D eigenvalue weighted by Crippen LogP contribution is -2.22. The van der Waals surface area contributed by atoms with E-state index >= 15 is 0 Å². The van der Waals surface area contributed by atoms with Gasteiger partial charge in [0.2, 0.25) is 0 Å². The number of hydrogen-bond acceptors (Lipinski definition) is 4. The van der Waals surface area contributed by atoms with Crippen molar-refractivity contribution in [2.45, 2.75) is 13.5 Å². The fraction of sp³-hybridized carbons (Fsp3) is 0.333. The molecule has 0 unspecified atom stereocenters. The molecule has 1 N–H and O–H groups in total. The summed E-state index contributed by atoms with van der Waals surface area (Å²) in [4.78, 5) is 11.4. The Labute approximate surface area is 115 Å². The zero-order valence-electron chi connectivity index (χ0n) is 9.65. The molecule has 0 saturated carbocycles. The molecule has 17 heavy (non-hydrogen) atoms. The summed E-state index contributed by atoms with van der Waals surface area (Å²) in [5.74, 6) is -0.359. The first kappa shape index (κ1) is 14.0. The first-order valence-electron chi connectivity index (χ1n) is 5.34. The molecule has 0 aliphatic carbocycles. The third kappa shape index (κ3) is 5.16. The molecule has 0 atom stereocenters. The molecule has 0 saturated heterocycles. The lowest BCUT2D eigenvalue weighted by molar-refractivity contribution is -0.135. The Bertz CT molecular complexity index is 379. The van der Waals surface area contributed by atoms with E-state index in [1.54, 1.807) is 6.92 Å². The fourth-order valence-corrected chi connectivity index (χ4v) is 1.65. The standard InChI is InChI=1S/C12H15IN2O2/c1-2-17-12(16)11(8-13)15-14-9-10-6-4-3-5-7-10/h3-7,14H,2,8-9H2,1H3/b15-11+. The van der Waals surface area contributed by atoms with Gasteiger partial charge in [0, 0.05) is 0 Å². The minimum absolute atomic E-state index is 0.359. The number of halogens is 1. The molecular formula is C12H15IN2O2. The highest BCUT2D eigenvalue weighted by Crippen LogP contribution is 1.97. The predicted molar refractivity (Wildman–Crippen MR) is 76.2 cm³/mol.